The summed E-state index contributed by atoms with van der Waals surface area (Å²) in [5.74, 6) is 2.73. The van der Waals surface area contributed by atoms with Gasteiger partial charge in [0.05, 0.1) is 19.0 Å². The van der Waals surface area contributed by atoms with Gasteiger partial charge in [-0.3, -0.25) is 0 Å². The number of nitrogens with zero attached hydrogens (tertiary/aromatic N) is 4. The molecule has 0 radical (unpaired) electrons. The van der Waals surface area contributed by atoms with Crippen LogP contribution in [0, 0.1) is 6.92 Å². The highest BCUT2D eigenvalue weighted by Crippen LogP contribution is 2.39. The molecule has 2 heterocycles. The standard InChI is InChI=1S/C13H15ClN4O/c1-3-19-10-6-15-18(7-10)13-8(2)11(14)16-12(17-13)9-4-5-9/h6-7,9H,3-5H2,1-2H3. The summed E-state index contributed by atoms with van der Waals surface area (Å²) in [6.45, 7) is 4.45. The van der Waals surface area contributed by atoms with Gasteiger partial charge in [0.25, 0.3) is 0 Å². The highest BCUT2D eigenvalue weighted by molar-refractivity contribution is 6.30. The van der Waals surface area contributed by atoms with E-state index in [0.29, 0.717) is 17.7 Å². The van der Waals surface area contributed by atoms with Gasteiger partial charge in [-0.25, -0.2) is 14.6 Å². The molecule has 1 fully saturated rings. The van der Waals surface area contributed by atoms with Crippen LogP contribution in [-0.4, -0.2) is 26.4 Å². The molecule has 1 saturated carbocycles. The lowest BCUT2D eigenvalue weighted by atomic mass is 10.3. The molecule has 0 bridgehead atoms. The molecule has 0 unspecified atom stereocenters. The fraction of sp³-hybridized carbons (Fsp3) is 0.462. The summed E-state index contributed by atoms with van der Waals surface area (Å²) in [5.41, 5.74) is 0.831. The zero-order valence-corrected chi connectivity index (χ0v) is 11.7. The maximum atomic E-state index is 6.19. The van der Waals surface area contributed by atoms with Gasteiger partial charge in [-0.15, -0.1) is 0 Å². The molecule has 0 atom stereocenters. The first kappa shape index (κ1) is 12.4. The molecular formula is C13H15ClN4O. The Morgan fingerprint density at radius 3 is 2.89 bits per heavy atom. The third kappa shape index (κ3) is 2.42. The van der Waals surface area contributed by atoms with Gasteiger partial charge in [-0.05, 0) is 26.7 Å². The van der Waals surface area contributed by atoms with E-state index >= 15 is 0 Å². The monoisotopic (exact) mass is 278 g/mol. The number of ether oxygens (including phenoxy) is 1. The molecule has 3 rings (SSSR count). The fourth-order valence-electron chi connectivity index (χ4n) is 1.90. The van der Waals surface area contributed by atoms with Crippen molar-refractivity contribution in [3.63, 3.8) is 0 Å². The van der Waals surface area contributed by atoms with Crippen molar-refractivity contribution >= 4 is 11.6 Å². The smallest absolute Gasteiger partial charge is 0.161 e. The second-order valence-electron chi connectivity index (χ2n) is 4.65. The first-order valence-corrected chi connectivity index (χ1v) is 6.78. The van der Waals surface area contributed by atoms with Crippen molar-refractivity contribution in [2.75, 3.05) is 6.61 Å². The molecule has 0 N–H and O–H groups in total. The maximum absolute atomic E-state index is 6.19. The van der Waals surface area contributed by atoms with Gasteiger partial charge >= 0.3 is 0 Å². The van der Waals surface area contributed by atoms with Gasteiger partial charge in [-0.1, -0.05) is 11.6 Å². The number of rotatable bonds is 4. The molecule has 0 aromatic carbocycles. The zero-order valence-electron chi connectivity index (χ0n) is 10.9. The molecule has 2 aromatic heterocycles. The van der Waals surface area contributed by atoms with Crippen molar-refractivity contribution in [3.05, 3.63) is 28.9 Å². The lowest BCUT2D eigenvalue weighted by molar-refractivity contribution is 0.340. The van der Waals surface area contributed by atoms with Crippen LogP contribution in [0.5, 0.6) is 5.75 Å². The molecule has 1 aliphatic rings. The Kier molecular flexibility index (Phi) is 3.14. The van der Waals surface area contributed by atoms with Crippen molar-refractivity contribution in [1.29, 1.82) is 0 Å². The number of hydrogen-bond donors (Lipinski definition) is 0. The van der Waals surface area contributed by atoms with Crippen molar-refractivity contribution < 1.29 is 4.74 Å². The Labute approximate surface area is 116 Å². The van der Waals surface area contributed by atoms with E-state index in [2.05, 4.69) is 15.1 Å². The van der Waals surface area contributed by atoms with Crippen molar-refractivity contribution in [2.45, 2.75) is 32.6 Å². The molecule has 100 valence electrons. The number of hydrogen-bond acceptors (Lipinski definition) is 4. The third-order valence-electron chi connectivity index (χ3n) is 3.11. The minimum atomic E-state index is 0.457. The minimum Gasteiger partial charge on any atom is -0.491 e. The molecule has 5 nitrogen and oxygen atoms in total. The summed E-state index contributed by atoms with van der Waals surface area (Å²) in [6.07, 6.45) is 5.77. The summed E-state index contributed by atoms with van der Waals surface area (Å²) in [7, 11) is 0. The lowest BCUT2D eigenvalue weighted by Gasteiger charge is -2.08. The SMILES string of the molecule is CCOc1cnn(-c2nc(C3CC3)nc(Cl)c2C)c1. The van der Waals surface area contributed by atoms with E-state index in [1.165, 1.54) is 0 Å². The molecule has 19 heavy (non-hydrogen) atoms. The number of aromatic nitrogens is 4. The molecule has 6 heteroatoms. The van der Waals surface area contributed by atoms with Crippen LogP contribution in [0.15, 0.2) is 12.4 Å². The van der Waals surface area contributed by atoms with E-state index in [1.54, 1.807) is 10.9 Å². The van der Waals surface area contributed by atoms with E-state index in [9.17, 15) is 0 Å². The topological polar surface area (TPSA) is 52.8 Å². The Morgan fingerprint density at radius 2 is 2.21 bits per heavy atom. The number of halogens is 1. The summed E-state index contributed by atoms with van der Waals surface area (Å²) in [6, 6.07) is 0. The van der Waals surface area contributed by atoms with Crippen LogP contribution in [0.4, 0.5) is 0 Å². The van der Waals surface area contributed by atoms with Crippen LogP contribution in [0.1, 0.15) is 37.1 Å². The van der Waals surface area contributed by atoms with Crippen molar-refractivity contribution in [1.82, 2.24) is 19.7 Å². The van der Waals surface area contributed by atoms with E-state index in [4.69, 9.17) is 16.3 Å². The Hall–Kier alpha value is -1.62. The normalized spacial score (nSPS) is 14.7. The van der Waals surface area contributed by atoms with Gasteiger partial charge in [0.1, 0.15) is 11.0 Å². The largest absolute Gasteiger partial charge is 0.491 e. The van der Waals surface area contributed by atoms with Crippen LogP contribution in [0.25, 0.3) is 5.82 Å². The van der Waals surface area contributed by atoms with E-state index < -0.39 is 0 Å². The summed E-state index contributed by atoms with van der Waals surface area (Å²) < 4.78 is 7.10. The van der Waals surface area contributed by atoms with Gasteiger partial charge in [-0.2, -0.15) is 5.10 Å². The summed E-state index contributed by atoms with van der Waals surface area (Å²) in [4.78, 5) is 8.93. The molecular weight excluding hydrogens is 264 g/mol. The van der Waals surface area contributed by atoms with Gasteiger partial charge < -0.3 is 4.74 Å². The molecule has 0 spiro atoms. The van der Waals surface area contributed by atoms with Crippen molar-refractivity contribution in [2.24, 2.45) is 0 Å². The average Bonchev–Trinajstić information content (AvgIpc) is 3.14. The van der Waals surface area contributed by atoms with E-state index in [0.717, 1.165) is 35.8 Å². The van der Waals surface area contributed by atoms with Crippen LogP contribution in [-0.2, 0) is 0 Å². The quantitative estimate of drug-likeness (QED) is 0.807. The predicted octanol–water partition coefficient (Wildman–Crippen LogP) is 2.90. The second kappa shape index (κ2) is 4.81. The van der Waals surface area contributed by atoms with Crippen LogP contribution >= 0.6 is 11.6 Å². The van der Waals surface area contributed by atoms with Gasteiger partial charge in [0.15, 0.2) is 11.6 Å². The fourth-order valence-corrected chi connectivity index (χ4v) is 2.08. The highest BCUT2D eigenvalue weighted by Gasteiger charge is 2.28. The van der Waals surface area contributed by atoms with Gasteiger partial charge in [0, 0.05) is 11.5 Å². The zero-order chi connectivity index (χ0) is 13.4. The predicted molar refractivity (Wildman–Crippen MR) is 72.0 cm³/mol. The Balaban J connectivity index is 2.01. The maximum Gasteiger partial charge on any atom is 0.161 e. The van der Waals surface area contributed by atoms with Crippen LogP contribution < -0.4 is 4.74 Å². The average molecular weight is 279 g/mol. The Morgan fingerprint density at radius 1 is 1.42 bits per heavy atom. The molecule has 0 saturated heterocycles. The van der Waals surface area contributed by atoms with Crippen molar-refractivity contribution in [3.8, 4) is 11.6 Å². The molecule has 2 aromatic rings. The third-order valence-corrected chi connectivity index (χ3v) is 3.48. The summed E-state index contributed by atoms with van der Waals surface area (Å²) in [5, 5.41) is 4.77. The second-order valence-corrected chi connectivity index (χ2v) is 5.01. The lowest BCUT2D eigenvalue weighted by Crippen LogP contribution is -2.06. The minimum absolute atomic E-state index is 0.457. The van der Waals surface area contributed by atoms with Gasteiger partial charge in [0.2, 0.25) is 0 Å². The Bertz CT molecular complexity index is 607. The molecule has 1 aliphatic carbocycles. The van der Waals surface area contributed by atoms with E-state index in [1.807, 2.05) is 20.0 Å². The molecule has 0 amide bonds. The first-order chi connectivity index (χ1) is 9.19. The molecule has 0 aliphatic heterocycles. The first-order valence-electron chi connectivity index (χ1n) is 6.41. The van der Waals surface area contributed by atoms with Crippen LogP contribution in [0.2, 0.25) is 5.15 Å². The van der Waals surface area contributed by atoms with Crippen LogP contribution in [0.3, 0.4) is 0 Å². The van der Waals surface area contributed by atoms with E-state index in [-0.39, 0.29) is 0 Å². The summed E-state index contributed by atoms with van der Waals surface area (Å²) >= 11 is 6.19. The highest BCUT2D eigenvalue weighted by atomic mass is 35.5.